The number of rotatable bonds is 4. The summed E-state index contributed by atoms with van der Waals surface area (Å²) in [6, 6.07) is 15.3. The highest BCUT2D eigenvalue weighted by molar-refractivity contribution is 7.89. The molecule has 0 amide bonds. The first kappa shape index (κ1) is 16.3. The Kier molecular flexibility index (Phi) is 4.40. The molecule has 0 aromatic heterocycles. The Hall–Kier alpha value is -2.60. The Morgan fingerprint density at radius 1 is 1.04 bits per heavy atom. The molecular weight excluding hydrogens is 326 g/mol. The van der Waals surface area contributed by atoms with Crippen molar-refractivity contribution < 1.29 is 17.9 Å². The quantitative estimate of drug-likeness (QED) is 0.866. The van der Waals surface area contributed by atoms with Crippen LogP contribution in [0.15, 0.2) is 65.3 Å². The third kappa shape index (κ3) is 3.33. The summed E-state index contributed by atoms with van der Waals surface area (Å²) in [4.78, 5) is 12.2. The van der Waals surface area contributed by atoms with Crippen LogP contribution in [0.5, 0.6) is 0 Å². The van der Waals surface area contributed by atoms with Crippen molar-refractivity contribution in [2.45, 2.75) is 18.2 Å². The van der Waals surface area contributed by atoms with E-state index in [0.29, 0.717) is 5.56 Å². The molecule has 0 unspecified atom stereocenters. The molecule has 2 aromatic rings. The molecule has 1 aliphatic rings. The van der Waals surface area contributed by atoms with Crippen molar-refractivity contribution in [2.24, 2.45) is 0 Å². The number of allylic oxidation sites excluding steroid dienone is 1. The highest BCUT2D eigenvalue weighted by Crippen LogP contribution is 2.25. The van der Waals surface area contributed by atoms with Crippen LogP contribution < -0.4 is 4.72 Å². The molecule has 1 fully saturated rings. The molecule has 0 atom stereocenters. The maximum Gasteiger partial charge on any atom is 0.262 e. The molecule has 1 N–H and O–H groups in total. The molecule has 2 aromatic carbocycles. The number of benzene rings is 2. The van der Waals surface area contributed by atoms with Crippen LogP contribution in [0.4, 0.5) is 0 Å². The second kappa shape index (κ2) is 6.49. The minimum atomic E-state index is -3.82. The number of Topliss-reactive ketones (excluding diaryl/α,β-unsaturated/α-hetero) is 1. The average Bonchev–Trinajstić information content (AvgIpc) is 3.00. The second-order valence-electron chi connectivity index (χ2n) is 5.51. The number of carbonyl (C=O) groups is 1. The standard InChI is InChI=1S/C18H17NO4S/c1-13-7-9-14(10-8-13)17(18-16(20)11-12-23-18)19-24(21,22)15-5-3-2-4-6-15/h2-10,19H,11-12H2,1H3/b18-17+. The molecule has 6 heteroatoms. The van der Waals surface area contributed by atoms with Gasteiger partial charge in [-0.2, -0.15) is 0 Å². The highest BCUT2D eigenvalue weighted by Gasteiger charge is 2.27. The first-order valence-electron chi connectivity index (χ1n) is 7.52. The van der Waals surface area contributed by atoms with Gasteiger partial charge in [0.1, 0.15) is 5.70 Å². The van der Waals surface area contributed by atoms with Crippen LogP contribution in [0.1, 0.15) is 17.5 Å². The minimum Gasteiger partial charge on any atom is -0.487 e. The van der Waals surface area contributed by atoms with E-state index in [4.69, 9.17) is 4.74 Å². The summed E-state index contributed by atoms with van der Waals surface area (Å²) in [5, 5.41) is 0. The molecule has 24 heavy (non-hydrogen) atoms. The van der Waals surface area contributed by atoms with Gasteiger partial charge in [-0.05, 0) is 19.1 Å². The maximum atomic E-state index is 12.6. The SMILES string of the molecule is Cc1ccc(/C(NS(=O)(=O)c2ccccc2)=C2\OCCC2=O)cc1. The molecule has 1 heterocycles. The zero-order valence-electron chi connectivity index (χ0n) is 13.2. The normalized spacial score (nSPS) is 16.6. The first-order valence-corrected chi connectivity index (χ1v) is 9.01. The summed E-state index contributed by atoms with van der Waals surface area (Å²) < 4.78 is 33.2. The van der Waals surface area contributed by atoms with E-state index in [-0.39, 0.29) is 35.2 Å². The van der Waals surface area contributed by atoms with Crippen LogP contribution in [0.3, 0.4) is 0 Å². The second-order valence-corrected chi connectivity index (χ2v) is 7.19. The van der Waals surface area contributed by atoms with Crippen LogP contribution in [-0.4, -0.2) is 20.8 Å². The Labute approximate surface area is 141 Å². The Morgan fingerprint density at radius 3 is 2.29 bits per heavy atom. The largest absolute Gasteiger partial charge is 0.487 e. The minimum absolute atomic E-state index is 0.0679. The van der Waals surface area contributed by atoms with Gasteiger partial charge in [-0.25, -0.2) is 8.42 Å². The van der Waals surface area contributed by atoms with Gasteiger partial charge in [0.2, 0.25) is 5.78 Å². The number of hydrogen-bond donors (Lipinski definition) is 1. The summed E-state index contributed by atoms with van der Waals surface area (Å²) in [7, 11) is -3.82. The monoisotopic (exact) mass is 343 g/mol. The van der Waals surface area contributed by atoms with Crippen LogP contribution in [0.25, 0.3) is 5.70 Å². The van der Waals surface area contributed by atoms with E-state index >= 15 is 0 Å². The zero-order valence-corrected chi connectivity index (χ0v) is 14.0. The van der Waals surface area contributed by atoms with E-state index in [1.807, 2.05) is 19.1 Å². The van der Waals surface area contributed by atoms with Crippen molar-refractivity contribution in [1.29, 1.82) is 0 Å². The lowest BCUT2D eigenvalue weighted by Crippen LogP contribution is -2.24. The van der Waals surface area contributed by atoms with Gasteiger partial charge in [-0.1, -0.05) is 48.0 Å². The summed E-state index contributed by atoms with van der Waals surface area (Å²) in [6.07, 6.45) is 0.248. The number of ether oxygens (including phenoxy) is 1. The smallest absolute Gasteiger partial charge is 0.262 e. The lowest BCUT2D eigenvalue weighted by atomic mass is 10.1. The van der Waals surface area contributed by atoms with Crippen LogP contribution in [0.2, 0.25) is 0 Å². The predicted molar refractivity (Wildman–Crippen MR) is 90.4 cm³/mol. The van der Waals surface area contributed by atoms with E-state index in [2.05, 4.69) is 4.72 Å². The van der Waals surface area contributed by atoms with Crippen molar-refractivity contribution in [3.8, 4) is 0 Å². The van der Waals surface area contributed by atoms with Gasteiger partial charge in [0.15, 0.2) is 5.76 Å². The van der Waals surface area contributed by atoms with Gasteiger partial charge >= 0.3 is 0 Å². The van der Waals surface area contributed by atoms with E-state index in [0.717, 1.165) is 5.56 Å². The van der Waals surface area contributed by atoms with Gasteiger partial charge in [0, 0.05) is 12.0 Å². The number of sulfonamides is 1. The topological polar surface area (TPSA) is 72.5 Å². The fourth-order valence-corrected chi connectivity index (χ4v) is 3.51. The van der Waals surface area contributed by atoms with Gasteiger partial charge in [-0.15, -0.1) is 0 Å². The van der Waals surface area contributed by atoms with Crippen molar-refractivity contribution in [3.05, 3.63) is 71.5 Å². The Bertz CT molecular complexity index is 884. The molecule has 124 valence electrons. The third-order valence-electron chi connectivity index (χ3n) is 3.69. The molecule has 0 aliphatic carbocycles. The molecule has 0 saturated carbocycles. The van der Waals surface area contributed by atoms with Gasteiger partial charge in [0.25, 0.3) is 10.0 Å². The summed E-state index contributed by atoms with van der Waals surface area (Å²) >= 11 is 0. The number of hydrogen-bond acceptors (Lipinski definition) is 4. The van der Waals surface area contributed by atoms with Crippen molar-refractivity contribution in [3.63, 3.8) is 0 Å². The fraction of sp³-hybridized carbons (Fsp3) is 0.167. The third-order valence-corrected chi connectivity index (χ3v) is 5.05. The van der Waals surface area contributed by atoms with Crippen molar-refractivity contribution in [2.75, 3.05) is 6.61 Å². The first-order chi connectivity index (χ1) is 11.5. The average molecular weight is 343 g/mol. The molecular formula is C18H17NO4S. The van der Waals surface area contributed by atoms with Gasteiger partial charge in [0.05, 0.1) is 11.5 Å². The number of carbonyl (C=O) groups excluding carboxylic acids is 1. The molecule has 0 radical (unpaired) electrons. The van der Waals surface area contributed by atoms with Gasteiger partial charge < -0.3 is 4.74 Å². The summed E-state index contributed by atoms with van der Waals surface area (Å²) in [5.41, 5.74) is 1.80. The predicted octanol–water partition coefficient (Wildman–Crippen LogP) is 2.63. The lowest BCUT2D eigenvalue weighted by Gasteiger charge is -2.14. The number of aryl methyl sites for hydroxylation is 1. The van der Waals surface area contributed by atoms with E-state index in [1.165, 1.54) is 12.1 Å². The Morgan fingerprint density at radius 2 is 1.71 bits per heavy atom. The van der Waals surface area contributed by atoms with Gasteiger partial charge in [-0.3, -0.25) is 9.52 Å². The maximum absolute atomic E-state index is 12.6. The Balaban J connectivity index is 2.07. The number of ketones is 1. The van der Waals surface area contributed by atoms with E-state index in [1.54, 1.807) is 30.3 Å². The van der Waals surface area contributed by atoms with E-state index < -0.39 is 10.0 Å². The van der Waals surface area contributed by atoms with Crippen LogP contribution in [0, 0.1) is 6.92 Å². The number of nitrogens with one attached hydrogen (secondary N) is 1. The molecule has 1 saturated heterocycles. The van der Waals surface area contributed by atoms with Crippen LogP contribution >= 0.6 is 0 Å². The zero-order chi connectivity index (χ0) is 17.2. The summed E-state index contributed by atoms with van der Waals surface area (Å²) in [5.74, 6) is -0.139. The molecule has 3 rings (SSSR count). The molecule has 1 aliphatic heterocycles. The molecule has 5 nitrogen and oxygen atoms in total. The fourth-order valence-electron chi connectivity index (χ4n) is 2.40. The van der Waals surface area contributed by atoms with Crippen molar-refractivity contribution >= 4 is 21.5 Å². The lowest BCUT2D eigenvalue weighted by molar-refractivity contribution is -0.115. The highest BCUT2D eigenvalue weighted by atomic mass is 32.2. The van der Waals surface area contributed by atoms with E-state index in [9.17, 15) is 13.2 Å². The summed E-state index contributed by atoms with van der Waals surface area (Å²) in [6.45, 7) is 2.19. The van der Waals surface area contributed by atoms with Crippen molar-refractivity contribution in [1.82, 2.24) is 4.72 Å². The molecule has 0 bridgehead atoms. The van der Waals surface area contributed by atoms with Crippen LogP contribution in [-0.2, 0) is 19.6 Å². The molecule has 0 spiro atoms.